The summed E-state index contributed by atoms with van der Waals surface area (Å²) in [6, 6.07) is 13.2. The van der Waals surface area contributed by atoms with Crippen molar-refractivity contribution in [3.63, 3.8) is 0 Å². The van der Waals surface area contributed by atoms with E-state index < -0.39 is 5.97 Å². The van der Waals surface area contributed by atoms with E-state index in [0.29, 0.717) is 10.2 Å². The molecule has 10 heteroatoms. The van der Waals surface area contributed by atoms with Gasteiger partial charge in [0.1, 0.15) is 11.4 Å². The van der Waals surface area contributed by atoms with Gasteiger partial charge in [-0.2, -0.15) is 0 Å². The number of thioether (sulfide) groups is 1. The molecule has 0 saturated heterocycles. The van der Waals surface area contributed by atoms with E-state index in [1.54, 1.807) is 35.7 Å². The van der Waals surface area contributed by atoms with E-state index in [9.17, 15) is 9.59 Å². The van der Waals surface area contributed by atoms with Crippen molar-refractivity contribution < 1.29 is 14.3 Å². The number of halogens is 1. The number of anilines is 3. The second kappa shape index (κ2) is 9.17. The molecular weight excluding hydrogens is 456 g/mol. The van der Waals surface area contributed by atoms with Gasteiger partial charge in [-0.15, -0.1) is 0 Å². The van der Waals surface area contributed by atoms with Gasteiger partial charge in [-0.05, 0) is 37.3 Å². The van der Waals surface area contributed by atoms with Gasteiger partial charge in [-0.1, -0.05) is 47.3 Å². The third-order valence-corrected chi connectivity index (χ3v) is 6.57. The number of hydrogen-bond acceptors (Lipinski definition) is 8. The molecule has 2 heterocycles. The lowest BCUT2D eigenvalue weighted by atomic mass is 10.2. The number of esters is 1. The van der Waals surface area contributed by atoms with Crippen LogP contribution in [0.5, 0.6) is 0 Å². The van der Waals surface area contributed by atoms with Gasteiger partial charge in [0.05, 0.1) is 23.7 Å². The van der Waals surface area contributed by atoms with Crippen LogP contribution in [0.15, 0.2) is 63.6 Å². The van der Waals surface area contributed by atoms with Crippen molar-refractivity contribution in [3.8, 4) is 0 Å². The lowest BCUT2D eigenvalue weighted by molar-refractivity contribution is -0.115. The Bertz CT molecular complexity index is 1180. The maximum absolute atomic E-state index is 13.2. The highest BCUT2D eigenvalue weighted by molar-refractivity contribution is 8.00. The highest BCUT2D eigenvalue weighted by Crippen LogP contribution is 2.49. The average molecular weight is 473 g/mol. The Hall–Kier alpha value is -2.75. The van der Waals surface area contributed by atoms with E-state index in [-0.39, 0.29) is 29.6 Å². The van der Waals surface area contributed by atoms with Gasteiger partial charge < -0.3 is 10.5 Å². The summed E-state index contributed by atoms with van der Waals surface area (Å²) in [4.78, 5) is 36.9. The van der Waals surface area contributed by atoms with Gasteiger partial charge in [-0.3, -0.25) is 9.69 Å². The number of rotatable bonds is 5. The molecule has 158 valence electrons. The molecule has 0 fully saturated rings. The molecule has 31 heavy (non-hydrogen) atoms. The van der Waals surface area contributed by atoms with Crippen LogP contribution in [0.3, 0.4) is 0 Å². The second-order valence-corrected chi connectivity index (χ2v) is 8.83. The summed E-state index contributed by atoms with van der Waals surface area (Å²) in [6.45, 7) is 1.93. The predicted molar refractivity (Wildman–Crippen MR) is 122 cm³/mol. The maximum atomic E-state index is 13.2. The fourth-order valence-electron chi connectivity index (χ4n) is 3.00. The van der Waals surface area contributed by atoms with E-state index in [0.717, 1.165) is 32.9 Å². The molecule has 2 aromatic carbocycles. The first-order chi connectivity index (χ1) is 15.0. The minimum atomic E-state index is -0.580. The Labute approximate surface area is 192 Å². The Kier molecular flexibility index (Phi) is 6.35. The molecule has 0 aliphatic carbocycles. The van der Waals surface area contributed by atoms with Crippen LogP contribution in [0.4, 0.5) is 17.2 Å². The van der Waals surface area contributed by atoms with Gasteiger partial charge >= 0.3 is 5.97 Å². The minimum Gasteiger partial charge on any atom is -0.462 e. The number of carbonyl (C=O) groups is 2. The number of carbonyl (C=O) groups excluding carboxylic acids is 2. The number of nitrogen functional groups attached to an aromatic ring is 1. The van der Waals surface area contributed by atoms with Crippen molar-refractivity contribution in [2.45, 2.75) is 21.9 Å². The summed E-state index contributed by atoms with van der Waals surface area (Å²) >= 11 is 8.93. The maximum Gasteiger partial charge on any atom is 0.343 e. The van der Waals surface area contributed by atoms with Crippen LogP contribution in [0, 0.1) is 0 Å². The van der Waals surface area contributed by atoms with Crippen LogP contribution in [-0.4, -0.2) is 34.2 Å². The van der Waals surface area contributed by atoms with E-state index in [1.807, 2.05) is 30.3 Å². The Morgan fingerprint density at radius 1 is 1.19 bits per heavy atom. The van der Waals surface area contributed by atoms with E-state index >= 15 is 0 Å². The third kappa shape index (κ3) is 4.48. The molecule has 3 aromatic rings. The first-order valence-corrected chi connectivity index (χ1v) is 11.5. The number of ether oxygens (including phenoxy) is 1. The van der Waals surface area contributed by atoms with Crippen LogP contribution in [0.25, 0.3) is 0 Å². The summed E-state index contributed by atoms with van der Waals surface area (Å²) in [7, 11) is 0. The predicted octanol–water partition coefficient (Wildman–Crippen LogP) is 4.81. The molecule has 0 bridgehead atoms. The average Bonchev–Trinajstić information content (AvgIpc) is 2.76. The van der Waals surface area contributed by atoms with Crippen LogP contribution >= 0.6 is 35.1 Å². The van der Waals surface area contributed by atoms with Gasteiger partial charge in [0.25, 0.3) is 0 Å². The zero-order valence-electron chi connectivity index (χ0n) is 16.4. The topological polar surface area (TPSA) is 98.4 Å². The number of hydrogen-bond donors (Lipinski definition) is 1. The highest BCUT2D eigenvalue weighted by Gasteiger charge is 2.28. The van der Waals surface area contributed by atoms with Crippen molar-refractivity contribution in [2.75, 3.05) is 23.0 Å². The van der Waals surface area contributed by atoms with E-state index in [4.69, 9.17) is 22.1 Å². The number of nitrogens with two attached hydrogens (primary N) is 1. The van der Waals surface area contributed by atoms with Crippen LogP contribution in [0.2, 0.25) is 5.02 Å². The van der Waals surface area contributed by atoms with E-state index in [1.165, 1.54) is 6.20 Å². The molecule has 1 amide bonds. The fourth-order valence-corrected chi connectivity index (χ4v) is 4.88. The van der Waals surface area contributed by atoms with Crippen molar-refractivity contribution in [3.05, 3.63) is 59.2 Å². The van der Waals surface area contributed by atoms with Crippen molar-refractivity contribution in [1.29, 1.82) is 0 Å². The van der Waals surface area contributed by atoms with Crippen molar-refractivity contribution in [1.82, 2.24) is 9.97 Å². The summed E-state index contributed by atoms with van der Waals surface area (Å²) in [5.41, 5.74) is 7.50. The zero-order chi connectivity index (χ0) is 22.0. The molecule has 0 saturated carbocycles. The van der Waals surface area contributed by atoms with Crippen molar-refractivity contribution >= 4 is 64.2 Å². The molecule has 7 nitrogen and oxygen atoms in total. The SMILES string of the molecule is CCOC(=O)c1cnc(SCC(=O)N2c3ccccc3Sc3ccc(Cl)cc32)nc1N. The molecule has 1 aliphatic heterocycles. The monoisotopic (exact) mass is 472 g/mol. The first kappa shape index (κ1) is 21.5. The van der Waals surface area contributed by atoms with Gasteiger partial charge in [0.15, 0.2) is 5.16 Å². The molecule has 4 rings (SSSR count). The lowest BCUT2D eigenvalue weighted by Gasteiger charge is -2.31. The zero-order valence-corrected chi connectivity index (χ0v) is 18.8. The van der Waals surface area contributed by atoms with Crippen LogP contribution < -0.4 is 10.6 Å². The van der Waals surface area contributed by atoms with Crippen molar-refractivity contribution in [2.24, 2.45) is 0 Å². The van der Waals surface area contributed by atoms with Gasteiger partial charge in [0.2, 0.25) is 5.91 Å². The molecule has 1 aliphatic rings. The number of amides is 1. The number of benzene rings is 2. The lowest BCUT2D eigenvalue weighted by Crippen LogP contribution is -2.30. The summed E-state index contributed by atoms with van der Waals surface area (Å²) < 4.78 is 4.92. The largest absolute Gasteiger partial charge is 0.462 e. The summed E-state index contributed by atoms with van der Waals surface area (Å²) in [6.07, 6.45) is 1.31. The fraction of sp³-hybridized carbons (Fsp3) is 0.143. The second-order valence-electron chi connectivity index (χ2n) is 6.37. The minimum absolute atomic E-state index is 0.0141. The van der Waals surface area contributed by atoms with Crippen LogP contribution in [0.1, 0.15) is 17.3 Å². The quantitative estimate of drug-likeness (QED) is 0.321. The van der Waals surface area contributed by atoms with E-state index in [2.05, 4.69) is 9.97 Å². The molecule has 0 radical (unpaired) electrons. The number of nitrogens with zero attached hydrogens (tertiary/aromatic N) is 3. The Balaban J connectivity index is 1.56. The summed E-state index contributed by atoms with van der Waals surface area (Å²) in [5, 5.41) is 0.847. The molecule has 0 unspecified atom stereocenters. The van der Waals surface area contributed by atoms with Crippen LogP contribution in [-0.2, 0) is 9.53 Å². The standard InChI is InChI=1S/C21H17ClN4O3S2/c1-2-29-20(28)13-10-24-21(25-19(13)23)30-11-18(27)26-14-5-3-4-6-16(14)31-17-8-7-12(22)9-15(17)26/h3-10H,2,11H2,1H3,(H2,23,24,25). The third-order valence-electron chi connectivity index (χ3n) is 4.35. The number of para-hydroxylation sites is 1. The highest BCUT2D eigenvalue weighted by atomic mass is 35.5. The Morgan fingerprint density at radius 3 is 2.74 bits per heavy atom. The smallest absolute Gasteiger partial charge is 0.343 e. The summed E-state index contributed by atoms with van der Waals surface area (Å²) in [5.74, 6) is -0.648. The number of aromatic nitrogens is 2. The Morgan fingerprint density at radius 2 is 1.97 bits per heavy atom. The normalized spacial score (nSPS) is 12.1. The molecule has 1 aromatic heterocycles. The van der Waals surface area contributed by atoms with Gasteiger partial charge in [-0.25, -0.2) is 14.8 Å². The molecular formula is C21H17ClN4O3S2. The first-order valence-electron chi connectivity index (χ1n) is 9.29. The van der Waals surface area contributed by atoms with Gasteiger partial charge in [0, 0.05) is 21.0 Å². The number of fused-ring (bicyclic) bond motifs is 2. The molecule has 0 atom stereocenters. The molecule has 2 N–H and O–H groups in total. The molecule has 0 spiro atoms.